The Morgan fingerprint density at radius 1 is 1.23 bits per heavy atom. The van der Waals surface area contributed by atoms with Crippen molar-refractivity contribution in [1.82, 2.24) is 15.3 Å². The van der Waals surface area contributed by atoms with Gasteiger partial charge in [0.25, 0.3) is 5.91 Å². The Morgan fingerprint density at radius 3 is 2.69 bits per heavy atom. The number of rotatable bonds is 6. The standard InChI is InChI=1S/C18H22N4O3S/c1-13-11-16(17(23)19-9-7-14-5-3-2-4-6-14)22-18(20-13)21-15-8-10-26(24,25)12-15/h2-6,11,15H,7-10,12H2,1H3,(H,19,23)(H,20,21,22). The van der Waals surface area contributed by atoms with Crippen molar-refractivity contribution in [3.05, 3.63) is 53.3 Å². The van der Waals surface area contributed by atoms with Crippen LogP contribution in [-0.4, -0.2) is 48.4 Å². The molecule has 1 aliphatic rings. The Kier molecular flexibility index (Phi) is 5.51. The highest BCUT2D eigenvalue weighted by molar-refractivity contribution is 7.91. The van der Waals surface area contributed by atoms with E-state index in [2.05, 4.69) is 20.6 Å². The number of aryl methyl sites for hydroxylation is 1. The zero-order valence-electron chi connectivity index (χ0n) is 14.6. The predicted octanol–water partition coefficient (Wildman–Crippen LogP) is 1.36. The van der Waals surface area contributed by atoms with Crippen LogP contribution in [0.25, 0.3) is 0 Å². The van der Waals surface area contributed by atoms with Gasteiger partial charge in [-0.2, -0.15) is 0 Å². The Labute approximate surface area is 153 Å². The summed E-state index contributed by atoms with van der Waals surface area (Å²) in [7, 11) is -2.99. The van der Waals surface area contributed by atoms with Gasteiger partial charge in [0.05, 0.1) is 11.5 Å². The minimum Gasteiger partial charge on any atom is -0.350 e. The maximum Gasteiger partial charge on any atom is 0.270 e. The molecule has 1 aromatic heterocycles. The second-order valence-corrected chi connectivity index (χ2v) is 8.68. The van der Waals surface area contributed by atoms with Gasteiger partial charge in [0, 0.05) is 18.3 Å². The van der Waals surface area contributed by atoms with Gasteiger partial charge in [-0.05, 0) is 31.4 Å². The first-order chi connectivity index (χ1) is 12.4. The van der Waals surface area contributed by atoms with Gasteiger partial charge in [0.15, 0.2) is 9.84 Å². The number of nitrogens with zero attached hydrogens (tertiary/aromatic N) is 2. The van der Waals surface area contributed by atoms with Gasteiger partial charge < -0.3 is 10.6 Å². The first kappa shape index (κ1) is 18.3. The highest BCUT2D eigenvalue weighted by Gasteiger charge is 2.28. The van der Waals surface area contributed by atoms with E-state index >= 15 is 0 Å². The number of aromatic nitrogens is 2. The van der Waals surface area contributed by atoms with Gasteiger partial charge in [-0.1, -0.05) is 30.3 Å². The minimum absolute atomic E-state index is 0.0723. The maximum atomic E-state index is 12.4. The van der Waals surface area contributed by atoms with Gasteiger partial charge in [-0.3, -0.25) is 4.79 Å². The van der Waals surface area contributed by atoms with E-state index in [1.807, 2.05) is 30.3 Å². The number of carbonyl (C=O) groups excluding carboxylic acids is 1. The average molecular weight is 374 g/mol. The van der Waals surface area contributed by atoms with E-state index in [-0.39, 0.29) is 29.1 Å². The van der Waals surface area contributed by atoms with Crippen LogP contribution in [0.15, 0.2) is 36.4 Å². The summed E-state index contributed by atoms with van der Waals surface area (Å²) in [4.78, 5) is 20.9. The number of carbonyl (C=O) groups is 1. The molecular weight excluding hydrogens is 352 g/mol. The Balaban J connectivity index is 1.60. The summed E-state index contributed by atoms with van der Waals surface area (Å²) in [5.41, 5.74) is 2.07. The lowest BCUT2D eigenvalue weighted by Crippen LogP contribution is -2.28. The summed E-state index contributed by atoms with van der Waals surface area (Å²) in [5, 5.41) is 5.89. The number of hydrogen-bond acceptors (Lipinski definition) is 6. The van der Waals surface area contributed by atoms with Crippen molar-refractivity contribution < 1.29 is 13.2 Å². The van der Waals surface area contributed by atoms with Crippen LogP contribution in [0, 0.1) is 6.92 Å². The first-order valence-corrected chi connectivity index (χ1v) is 10.4. The lowest BCUT2D eigenvalue weighted by atomic mass is 10.1. The van der Waals surface area contributed by atoms with E-state index in [9.17, 15) is 13.2 Å². The number of benzene rings is 1. The number of nitrogens with one attached hydrogen (secondary N) is 2. The van der Waals surface area contributed by atoms with Crippen LogP contribution >= 0.6 is 0 Å². The second kappa shape index (κ2) is 7.82. The SMILES string of the molecule is Cc1cc(C(=O)NCCc2ccccc2)nc(NC2CCS(=O)(=O)C2)n1. The highest BCUT2D eigenvalue weighted by Crippen LogP contribution is 2.16. The molecule has 1 fully saturated rings. The topological polar surface area (TPSA) is 101 Å². The van der Waals surface area contributed by atoms with Gasteiger partial charge in [-0.15, -0.1) is 0 Å². The van der Waals surface area contributed by atoms with E-state index in [4.69, 9.17) is 0 Å². The number of anilines is 1. The normalized spacial score (nSPS) is 18.4. The number of sulfone groups is 1. The largest absolute Gasteiger partial charge is 0.350 e. The van der Waals surface area contributed by atoms with Crippen molar-refractivity contribution in [3.8, 4) is 0 Å². The van der Waals surface area contributed by atoms with Gasteiger partial charge >= 0.3 is 0 Å². The minimum atomic E-state index is -2.99. The quantitative estimate of drug-likeness (QED) is 0.792. The summed E-state index contributed by atoms with van der Waals surface area (Å²) >= 11 is 0. The lowest BCUT2D eigenvalue weighted by Gasteiger charge is -2.12. The van der Waals surface area contributed by atoms with Crippen LogP contribution in [0.4, 0.5) is 5.95 Å². The summed E-state index contributed by atoms with van der Waals surface area (Å²) in [5.74, 6) is 0.264. The predicted molar refractivity (Wildman–Crippen MR) is 99.9 cm³/mol. The molecule has 2 N–H and O–H groups in total. The first-order valence-electron chi connectivity index (χ1n) is 8.56. The molecule has 1 saturated heterocycles. The smallest absolute Gasteiger partial charge is 0.270 e. The van der Waals surface area contributed by atoms with E-state index in [0.717, 1.165) is 12.0 Å². The highest BCUT2D eigenvalue weighted by atomic mass is 32.2. The third-order valence-corrected chi connectivity index (χ3v) is 5.96. The van der Waals surface area contributed by atoms with Crippen molar-refractivity contribution in [3.63, 3.8) is 0 Å². The zero-order chi connectivity index (χ0) is 18.6. The summed E-state index contributed by atoms with van der Waals surface area (Å²) < 4.78 is 23.1. The van der Waals surface area contributed by atoms with Crippen LogP contribution in [0.3, 0.4) is 0 Å². The Hall–Kier alpha value is -2.48. The van der Waals surface area contributed by atoms with Crippen LogP contribution in [-0.2, 0) is 16.3 Å². The van der Waals surface area contributed by atoms with Gasteiger partial charge in [-0.25, -0.2) is 18.4 Å². The van der Waals surface area contributed by atoms with Crippen molar-refractivity contribution in [2.45, 2.75) is 25.8 Å². The summed E-state index contributed by atoms with van der Waals surface area (Å²) in [6, 6.07) is 11.3. The molecule has 1 unspecified atom stereocenters. The van der Waals surface area contributed by atoms with Crippen LogP contribution in [0.2, 0.25) is 0 Å². The van der Waals surface area contributed by atoms with Crippen LogP contribution < -0.4 is 10.6 Å². The molecule has 8 heteroatoms. The van der Waals surface area contributed by atoms with E-state index in [1.165, 1.54) is 0 Å². The molecule has 3 rings (SSSR count). The monoisotopic (exact) mass is 374 g/mol. The second-order valence-electron chi connectivity index (χ2n) is 6.45. The summed E-state index contributed by atoms with van der Waals surface area (Å²) in [6.45, 7) is 2.29. The van der Waals surface area contributed by atoms with Crippen molar-refractivity contribution in [1.29, 1.82) is 0 Å². The van der Waals surface area contributed by atoms with Crippen LogP contribution in [0.1, 0.15) is 28.2 Å². The molecule has 1 atom stereocenters. The Morgan fingerprint density at radius 2 is 2.00 bits per heavy atom. The van der Waals surface area contributed by atoms with Crippen molar-refractivity contribution in [2.24, 2.45) is 0 Å². The fourth-order valence-electron chi connectivity index (χ4n) is 2.90. The molecule has 2 heterocycles. The number of amides is 1. The molecule has 1 amide bonds. The van der Waals surface area contributed by atoms with Crippen molar-refractivity contribution in [2.75, 3.05) is 23.4 Å². The molecule has 0 spiro atoms. The molecule has 1 aromatic carbocycles. The van der Waals surface area contributed by atoms with Gasteiger partial charge in [0.1, 0.15) is 5.69 Å². The molecule has 138 valence electrons. The van der Waals surface area contributed by atoms with E-state index in [1.54, 1.807) is 13.0 Å². The summed E-state index contributed by atoms with van der Waals surface area (Å²) in [6.07, 6.45) is 1.26. The maximum absolute atomic E-state index is 12.4. The molecule has 2 aromatic rings. The van der Waals surface area contributed by atoms with E-state index in [0.29, 0.717) is 24.6 Å². The van der Waals surface area contributed by atoms with Crippen molar-refractivity contribution >= 4 is 21.7 Å². The Bertz CT molecular complexity index is 885. The van der Waals surface area contributed by atoms with Gasteiger partial charge in [0.2, 0.25) is 5.95 Å². The third kappa shape index (κ3) is 5.01. The lowest BCUT2D eigenvalue weighted by molar-refractivity contribution is 0.0949. The van der Waals surface area contributed by atoms with Crippen LogP contribution in [0.5, 0.6) is 0 Å². The zero-order valence-corrected chi connectivity index (χ0v) is 15.4. The third-order valence-electron chi connectivity index (χ3n) is 4.19. The molecule has 0 aliphatic carbocycles. The molecule has 1 aliphatic heterocycles. The molecule has 0 radical (unpaired) electrons. The molecule has 26 heavy (non-hydrogen) atoms. The molecular formula is C18H22N4O3S. The molecule has 0 bridgehead atoms. The molecule has 0 saturated carbocycles. The average Bonchev–Trinajstić information content (AvgIpc) is 2.93. The fraction of sp³-hybridized carbons (Fsp3) is 0.389. The van der Waals surface area contributed by atoms with E-state index < -0.39 is 9.84 Å². The molecule has 7 nitrogen and oxygen atoms in total. The fourth-order valence-corrected chi connectivity index (χ4v) is 4.57. The number of hydrogen-bond donors (Lipinski definition) is 2.